The molecule has 4 amide bonds. The maximum absolute atomic E-state index is 12.2. The Morgan fingerprint density at radius 1 is 1.12 bits per heavy atom. The average Bonchev–Trinajstić information content (AvgIpc) is 3.06. The third kappa shape index (κ3) is 4.10. The molecule has 3 N–H and O–H groups in total. The number of nitrogens with one attached hydrogen (secondary N) is 1. The van der Waals surface area contributed by atoms with Gasteiger partial charge in [-0.25, -0.2) is 4.79 Å². The lowest BCUT2D eigenvalue weighted by molar-refractivity contribution is -0.123. The highest BCUT2D eigenvalue weighted by Gasteiger charge is 2.25. The van der Waals surface area contributed by atoms with Crippen LogP contribution in [0.15, 0.2) is 24.3 Å². The Balaban J connectivity index is 1.48. The molecule has 0 radical (unpaired) electrons. The number of hydrogen-bond acceptors (Lipinski definition) is 3. The third-order valence-electron chi connectivity index (χ3n) is 4.95. The topological polar surface area (TPSA) is 95.7 Å². The molecule has 2 aliphatic rings. The fraction of sp³-hybridized carbons (Fsp3) is 0.500. The van der Waals surface area contributed by atoms with Gasteiger partial charge in [-0.2, -0.15) is 0 Å². The summed E-state index contributed by atoms with van der Waals surface area (Å²) in [6.45, 7) is 2.31. The normalized spacial score (nSPS) is 18.5. The van der Waals surface area contributed by atoms with Crippen LogP contribution in [0.3, 0.4) is 0 Å². The molecule has 7 heteroatoms. The highest BCUT2D eigenvalue weighted by atomic mass is 16.2. The van der Waals surface area contributed by atoms with Crippen LogP contribution in [0, 0.1) is 5.92 Å². The van der Waals surface area contributed by atoms with Crippen LogP contribution in [0.25, 0.3) is 0 Å². The van der Waals surface area contributed by atoms with E-state index in [1.54, 1.807) is 9.80 Å². The number of carbonyl (C=O) groups excluding carboxylic acids is 3. The molecule has 2 saturated heterocycles. The van der Waals surface area contributed by atoms with Crippen LogP contribution in [-0.2, 0) is 16.1 Å². The second-order valence-electron chi connectivity index (χ2n) is 6.64. The van der Waals surface area contributed by atoms with Gasteiger partial charge in [-0.3, -0.25) is 9.59 Å². The van der Waals surface area contributed by atoms with Gasteiger partial charge in [-0.15, -0.1) is 0 Å². The van der Waals surface area contributed by atoms with Gasteiger partial charge in [0.05, 0.1) is 0 Å². The minimum atomic E-state index is -0.281. The number of rotatable bonds is 4. The summed E-state index contributed by atoms with van der Waals surface area (Å²) in [4.78, 5) is 38.6. The molecule has 3 rings (SSSR count). The Morgan fingerprint density at radius 2 is 1.80 bits per heavy atom. The summed E-state index contributed by atoms with van der Waals surface area (Å²) in [5.74, 6) is -0.234. The van der Waals surface area contributed by atoms with Crippen molar-refractivity contribution in [3.63, 3.8) is 0 Å². The van der Waals surface area contributed by atoms with Crippen molar-refractivity contribution >= 4 is 23.5 Å². The Hall–Kier alpha value is -2.57. The maximum Gasteiger partial charge on any atom is 0.317 e. The third-order valence-corrected chi connectivity index (χ3v) is 4.95. The zero-order valence-electron chi connectivity index (χ0n) is 14.2. The Kier molecular flexibility index (Phi) is 5.21. The van der Waals surface area contributed by atoms with E-state index in [2.05, 4.69) is 5.32 Å². The summed E-state index contributed by atoms with van der Waals surface area (Å²) >= 11 is 0. The van der Waals surface area contributed by atoms with Crippen LogP contribution in [-0.4, -0.2) is 42.4 Å². The van der Waals surface area contributed by atoms with Crippen LogP contribution in [0.2, 0.25) is 0 Å². The summed E-state index contributed by atoms with van der Waals surface area (Å²) in [5, 5.41) is 2.90. The lowest BCUT2D eigenvalue weighted by Gasteiger charge is -2.30. The first-order chi connectivity index (χ1) is 12.0. The standard InChI is InChI=1S/C18H24N4O3/c19-17(24)14-7-10-21(11-8-14)18(25)20-12-13-3-5-15(6-4-13)22-9-1-2-16(22)23/h3-6,14H,1-2,7-12H2,(H2,19,24)(H,20,25). The molecule has 0 bridgehead atoms. The van der Waals surface area contributed by atoms with Crippen molar-refractivity contribution in [2.45, 2.75) is 32.2 Å². The first kappa shape index (κ1) is 17.3. The first-order valence-corrected chi connectivity index (χ1v) is 8.76. The van der Waals surface area contributed by atoms with E-state index < -0.39 is 0 Å². The number of anilines is 1. The first-order valence-electron chi connectivity index (χ1n) is 8.76. The van der Waals surface area contributed by atoms with E-state index in [-0.39, 0.29) is 23.8 Å². The molecule has 1 aromatic carbocycles. The van der Waals surface area contributed by atoms with Gasteiger partial charge in [0.25, 0.3) is 0 Å². The summed E-state index contributed by atoms with van der Waals surface area (Å²) in [7, 11) is 0. The van der Waals surface area contributed by atoms with Crippen molar-refractivity contribution < 1.29 is 14.4 Å². The number of amides is 4. The number of piperidine rings is 1. The van der Waals surface area contributed by atoms with Crippen molar-refractivity contribution in [3.8, 4) is 0 Å². The molecule has 25 heavy (non-hydrogen) atoms. The van der Waals surface area contributed by atoms with Gasteiger partial charge < -0.3 is 20.9 Å². The lowest BCUT2D eigenvalue weighted by Crippen LogP contribution is -2.46. The molecule has 2 fully saturated rings. The van der Waals surface area contributed by atoms with Gasteiger partial charge in [-0.05, 0) is 37.0 Å². The number of primary amides is 1. The van der Waals surface area contributed by atoms with E-state index in [1.165, 1.54) is 0 Å². The molecule has 1 aromatic rings. The van der Waals surface area contributed by atoms with Gasteiger partial charge in [0.1, 0.15) is 0 Å². The van der Waals surface area contributed by atoms with E-state index in [1.807, 2.05) is 24.3 Å². The Labute approximate surface area is 147 Å². The molecular formula is C18H24N4O3. The predicted molar refractivity (Wildman–Crippen MR) is 93.8 cm³/mol. The van der Waals surface area contributed by atoms with E-state index in [4.69, 9.17) is 5.73 Å². The molecule has 7 nitrogen and oxygen atoms in total. The van der Waals surface area contributed by atoms with E-state index in [0.717, 1.165) is 24.2 Å². The van der Waals surface area contributed by atoms with Crippen molar-refractivity contribution in [1.82, 2.24) is 10.2 Å². The largest absolute Gasteiger partial charge is 0.369 e. The number of urea groups is 1. The van der Waals surface area contributed by atoms with Crippen molar-refractivity contribution in [2.75, 3.05) is 24.5 Å². The van der Waals surface area contributed by atoms with Crippen LogP contribution in [0.1, 0.15) is 31.2 Å². The molecule has 2 heterocycles. The quantitative estimate of drug-likeness (QED) is 0.859. The molecule has 0 atom stereocenters. The highest BCUT2D eigenvalue weighted by Crippen LogP contribution is 2.21. The average molecular weight is 344 g/mol. The van der Waals surface area contributed by atoms with Gasteiger partial charge >= 0.3 is 6.03 Å². The van der Waals surface area contributed by atoms with Gasteiger partial charge in [0, 0.05) is 44.2 Å². The summed E-state index contributed by atoms with van der Waals surface area (Å²) < 4.78 is 0. The molecule has 0 spiro atoms. The van der Waals surface area contributed by atoms with Crippen molar-refractivity contribution in [1.29, 1.82) is 0 Å². The zero-order chi connectivity index (χ0) is 17.8. The molecule has 0 aromatic heterocycles. The molecule has 2 aliphatic heterocycles. The fourth-order valence-corrected chi connectivity index (χ4v) is 3.37. The van der Waals surface area contributed by atoms with Crippen molar-refractivity contribution in [3.05, 3.63) is 29.8 Å². The number of nitrogens with zero attached hydrogens (tertiary/aromatic N) is 2. The van der Waals surface area contributed by atoms with Crippen LogP contribution in [0.5, 0.6) is 0 Å². The van der Waals surface area contributed by atoms with Crippen LogP contribution in [0.4, 0.5) is 10.5 Å². The van der Waals surface area contributed by atoms with Crippen LogP contribution >= 0.6 is 0 Å². The highest BCUT2D eigenvalue weighted by molar-refractivity contribution is 5.95. The zero-order valence-corrected chi connectivity index (χ0v) is 14.2. The monoisotopic (exact) mass is 344 g/mol. The van der Waals surface area contributed by atoms with Gasteiger partial charge in [-0.1, -0.05) is 12.1 Å². The molecular weight excluding hydrogens is 320 g/mol. The second-order valence-corrected chi connectivity index (χ2v) is 6.64. The lowest BCUT2D eigenvalue weighted by atomic mass is 9.96. The summed E-state index contributed by atoms with van der Waals surface area (Å²) in [6.07, 6.45) is 2.77. The molecule has 134 valence electrons. The smallest absolute Gasteiger partial charge is 0.317 e. The second kappa shape index (κ2) is 7.55. The Bertz CT molecular complexity index is 651. The molecule has 0 saturated carbocycles. The molecule has 0 aliphatic carbocycles. The van der Waals surface area contributed by atoms with Gasteiger partial charge in [0.2, 0.25) is 11.8 Å². The fourth-order valence-electron chi connectivity index (χ4n) is 3.37. The predicted octanol–water partition coefficient (Wildman–Crippen LogP) is 1.22. The molecule has 0 unspecified atom stereocenters. The minimum absolute atomic E-state index is 0.120. The van der Waals surface area contributed by atoms with Crippen LogP contribution < -0.4 is 16.0 Å². The van der Waals surface area contributed by atoms with Gasteiger partial charge in [0.15, 0.2) is 0 Å². The van der Waals surface area contributed by atoms with E-state index in [0.29, 0.717) is 38.9 Å². The van der Waals surface area contributed by atoms with E-state index >= 15 is 0 Å². The number of likely N-dealkylation sites (tertiary alicyclic amines) is 1. The number of carbonyl (C=O) groups is 3. The summed E-state index contributed by atoms with van der Waals surface area (Å²) in [5.41, 5.74) is 7.20. The minimum Gasteiger partial charge on any atom is -0.369 e. The van der Waals surface area contributed by atoms with E-state index in [9.17, 15) is 14.4 Å². The Morgan fingerprint density at radius 3 is 2.36 bits per heavy atom. The van der Waals surface area contributed by atoms with Crippen molar-refractivity contribution in [2.24, 2.45) is 11.7 Å². The number of nitrogens with two attached hydrogens (primary N) is 1. The number of hydrogen-bond donors (Lipinski definition) is 2. The summed E-state index contributed by atoms with van der Waals surface area (Å²) in [6, 6.07) is 7.58. The maximum atomic E-state index is 12.2. The number of benzene rings is 1. The SMILES string of the molecule is NC(=O)C1CCN(C(=O)NCc2ccc(N3CCCC3=O)cc2)CC1.